The molecule has 0 saturated carbocycles. The van der Waals surface area contributed by atoms with Gasteiger partial charge in [-0.1, -0.05) is 48.5 Å². The van der Waals surface area contributed by atoms with Gasteiger partial charge in [0.1, 0.15) is 95.4 Å². The van der Waals surface area contributed by atoms with Gasteiger partial charge in [-0.2, -0.15) is 0 Å². The van der Waals surface area contributed by atoms with E-state index in [1.807, 2.05) is 27.7 Å². The normalized spacial score (nSPS) is 15.1. The number of hydrogen-bond donors (Lipinski definition) is 8. The molecule has 0 saturated heterocycles. The first kappa shape index (κ1) is 71.3. The summed E-state index contributed by atoms with van der Waals surface area (Å²) in [7, 11) is 0. The summed E-state index contributed by atoms with van der Waals surface area (Å²) in [4.78, 5) is 0. The smallest absolute Gasteiger partial charge is 0.123 e. The van der Waals surface area contributed by atoms with Gasteiger partial charge in [-0.15, -0.1) is 0 Å². The van der Waals surface area contributed by atoms with Crippen LogP contribution in [0.25, 0.3) is 0 Å². The van der Waals surface area contributed by atoms with Crippen LogP contribution in [0.3, 0.4) is 0 Å². The Bertz CT molecular complexity index is 3110. The van der Waals surface area contributed by atoms with Crippen LogP contribution in [0.1, 0.15) is 118 Å². The number of aromatic hydroxyl groups is 8. The van der Waals surface area contributed by atoms with Crippen LogP contribution < -0.4 is 18.9 Å². The second kappa shape index (κ2) is 36.2. The molecule has 9 rings (SSSR count). The van der Waals surface area contributed by atoms with Crippen molar-refractivity contribution >= 4 is 0 Å². The maximum atomic E-state index is 12.5. The molecule has 8 N–H and O–H groups in total. The Balaban J connectivity index is 1.26. The van der Waals surface area contributed by atoms with Crippen LogP contribution in [-0.4, -0.2) is 173 Å². The summed E-state index contributed by atoms with van der Waals surface area (Å²) in [6, 6.07) is 39.4. The van der Waals surface area contributed by atoms with Gasteiger partial charge < -0.3 is 97.7 Å². The zero-order valence-corrected chi connectivity index (χ0v) is 54.8. The highest BCUT2D eigenvalue weighted by Gasteiger charge is 2.35. The van der Waals surface area contributed by atoms with Gasteiger partial charge in [-0.25, -0.2) is 0 Å². The first-order valence-corrected chi connectivity index (χ1v) is 32.6. The SMILES string of the molecule is CCOCCOCCOc1ccc(C2c3cc(c(O)cc3O)C(c3ccc(OCCOCCOCC)cc3)c3cc(c(O)cc3O)C(c3ccc(OCCOCCOCC)cc3)c3cc(c(O)cc3O)C(c3ccc(OCCOCCOCC)cc3)c3cc2c(O)cc3O)cc1. The fraction of sp³-hybridized carbons (Fsp3) is 0.368. The molecule has 0 spiro atoms. The fourth-order valence-corrected chi connectivity index (χ4v) is 11.8. The van der Waals surface area contributed by atoms with E-state index in [9.17, 15) is 40.9 Å². The highest BCUT2D eigenvalue weighted by atomic mass is 16.6. The molecular formula is C76H88O20. The molecule has 8 bridgehead atoms. The molecule has 8 aromatic carbocycles. The molecule has 0 heterocycles. The summed E-state index contributed by atoms with van der Waals surface area (Å²) in [6.07, 6.45) is 0. The van der Waals surface area contributed by atoms with E-state index in [0.717, 1.165) is 0 Å². The van der Waals surface area contributed by atoms with Gasteiger partial charge in [0.15, 0.2) is 0 Å². The molecule has 20 heteroatoms. The molecule has 20 nitrogen and oxygen atoms in total. The number of phenolic OH excluding ortho intramolecular Hbond substituents is 8. The Labute approximate surface area is 560 Å². The van der Waals surface area contributed by atoms with E-state index in [2.05, 4.69) is 0 Å². The van der Waals surface area contributed by atoms with Gasteiger partial charge in [0.05, 0.1) is 79.3 Å². The second-order valence-electron chi connectivity index (χ2n) is 22.5. The van der Waals surface area contributed by atoms with Crippen molar-refractivity contribution in [2.45, 2.75) is 51.4 Å². The van der Waals surface area contributed by atoms with Crippen LogP contribution in [0.2, 0.25) is 0 Å². The lowest BCUT2D eigenvalue weighted by molar-refractivity contribution is 0.0405. The van der Waals surface area contributed by atoms with Crippen LogP contribution in [0, 0.1) is 0 Å². The Kier molecular flexibility index (Phi) is 26.9. The predicted molar refractivity (Wildman–Crippen MR) is 360 cm³/mol. The van der Waals surface area contributed by atoms with Crippen LogP contribution in [-0.2, 0) is 37.9 Å². The summed E-state index contributed by atoms with van der Waals surface area (Å²) in [6.45, 7) is 15.4. The zero-order valence-electron chi connectivity index (χ0n) is 54.8. The van der Waals surface area contributed by atoms with Crippen molar-refractivity contribution in [2.75, 3.05) is 132 Å². The quantitative estimate of drug-likeness (QED) is 0.0170. The molecule has 8 aromatic rings. The van der Waals surface area contributed by atoms with E-state index in [1.54, 1.807) is 121 Å². The largest absolute Gasteiger partial charge is 0.507 e. The van der Waals surface area contributed by atoms with Crippen molar-refractivity contribution in [2.24, 2.45) is 0 Å². The molecule has 96 heavy (non-hydrogen) atoms. The van der Waals surface area contributed by atoms with Crippen molar-refractivity contribution in [1.29, 1.82) is 0 Å². The van der Waals surface area contributed by atoms with E-state index in [-0.39, 0.29) is 117 Å². The third-order valence-corrected chi connectivity index (χ3v) is 16.3. The number of benzene rings is 8. The van der Waals surface area contributed by atoms with E-state index in [0.29, 0.717) is 151 Å². The van der Waals surface area contributed by atoms with E-state index in [4.69, 9.17) is 56.8 Å². The first-order valence-electron chi connectivity index (χ1n) is 32.6. The molecule has 0 fully saturated rings. The second-order valence-corrected chi connectivity index (χ2v) is 22.5. The summed E-state index contributed by atoms with van der Waals surface area (Å²) < 4.78 is 68.8. The minimum atomic E-state index is -1.11. The fourth-order valence-electron chi connectivity index (χ4n) is 11.8. The van der Waals surface area contributed by atoms with Gasteiger partial charge in [0, 0.05) is 119 Å². The van der Waals surface area contributed by atoms with Gasteiger partial charge in [-0.05, 0) is 123 Å². The standard InChI is InChI=1S/C76H88O20/c1-5-85-25-29-89-33-37-93-53-17-9-49(10-18-53)73-57-41-59(67(79)45-65(57)77)74(50-11-19-54(20-12-50)94-38-34-90-30-26-86-6-2)61-43-63(71(83)47-69(61)81)76(52-15-23-56(24-16-52)96-40-36-92-32-28-88-8-4)64-44-62(70(82)48-72(64)84)75(60-42-58(73)66(78)46-68(60)80)51-13-21-55(22-14-51)95-39-35-91-31-27-87-7-3/h9-24,41-48,73-84H,5-8,25-40H2,1-4H3. The molecule has 0 amide bonds. The lowest BCUT2D eigenvalue weighted by atomic mass is 9.75. The minimum absolute atomic E-state index is 0.179. The zero-order chi connectivity index (χ0) is 67.8. The highest BCUT2D eigenvalue weighted by Crippen LogP contribution is 2.54. The third kappa shape index (κ3) is 18.7. The molecule has 0 aliphatic heterocycles. The van der Waals surface area contributed by atoms with Crippen LogP contribution >= 0.6 is 0 Å². The van der Waals surface area contributed by atoms with Crippen molar-refractivity contribution in [3.05, 3.63) is 212 Å². The van der Waals surface area contributed by atoms with Crippen LogP contribution in [0.15, 0.2) is 146 Å². The highest BCUT2D eigenvalue weighted by molar-refractivity contribution is 5.67. The Morgan fingerprint density at radius 1 is 0.208 bits per heavy atom. The molecule has 1 aliphatic rings. The molecule has 1 aliphatic carbocycles. The van der Waals surface area contributed by atoms with Gasteiger partial charge in [0.25, 0.3) is 0 Å². The maximum Gasteiger partial charge on any atom is 0.123 e. The first-order chi connectivity index (χ1) is 46.8. The Hall–Kier alpha value is -8.96. The van der Waals surface area contributed by atoms with Crippen molar-refractivity contribution in [3.8, 4) is 69.0 Å². The number of phenols is 8. The average molecular weight is 1320 g/mol. The number of rotatable bonds is 36. The van der Waals surface area contributed by atoms with Gasteiger partial charge in [-0.3, -0.25) is 0 Å². The van der Waals surface area contributed by atoms with Crippen molar-refractivity contribution < 1.29 is 97.7 Å². The van der Waals surface area contributed by atoms with Crippen LogP contribution in [0.4, 0.5) is 0 Å². The number of fused-ring (bicyclic) bond motifs is 8. The summed E-state index contributed by atoms with van der Waals surface area (Å²) in [5.41, 5.74) is 3.50. The Morgan fingerprint density at radius 3 is 0.531 bits per heavy atom. The lowest BCUT2D eigenvalue weighted by Gasteiger charge is -2.30. The number of ether oxygens (including phenoxy) is 12. The minimum Gasteiger partial charge on any atom is -0.507 e. The molecular weight excluding hydrogens is 1230 g/mol. The van der Waals surface area contributed by atoms with E-state index < -0.39 is 23.7 Å². The Morgan fingerprint density at radius 2 is 0.365 bits per heavy atom. The molecule has 0 radical (unpaired) electrons. The van der Waals surface area contributed by atoms with Gasteiger partial charge >= 0.3 is 0 Å². The van der Waals surface area contributed by atoms with E-state index >= 15 is 0 Å². The molecule has 0 unspecified atom stereocenters. The molecule has 512 valence electrons. The molecule has 0 aromatic heterocycles. The van der Waals surface area contributed by atoms with Crippen molar-refractivity contribution in [3.63, 3.8) is 0 Å². The summed E-state index contributed by atoms with van der Waals surface area (Å²) in [5, 5.41) is 99.7. The number of hydrogen-bond acceptors (Lipinski definition) is 20. The monoisotopic (exact) mass is 1320 g/mol. The molecule has 0 atom stereocenters. The average Bonchev–Trinajstić information content (AvgIpc) is 0.746. The third-order valence-electron chi connectivity index (χ3n) is 16.3. The lowest BCUT2D eigenvalue weighted by Crippen LogP contribution is -2.13. The maximum absolute atomic E-state index is 12.5. The summed E-state index contributed by atoms with van der Waals surface area (Å²) in [5.74, 6) is -5.49. The van der Waals surface area contributed by atoms with Crippen LogP contribution in [0.5, 0.6) is 69.0 Å². The topological polar surface area (TPSA) is 273 Å². The van der Waals surface area contributed by atoms with Gasteiger partial charge in [0.2, 0.25) is 0 Å². The predicted octanol–water partition coefficient (Wildman–Crippen LogP) is 12.1. The van der Waals surface area contributed by atoms with E-state index in [1.165, 1.54) is 24.3 Å². The van der Waals surface area contributed by atoms with Crippen molar-refractivity contribution in [1.82, 2.24) is 0 Å². The summed E-state index contributed by atoms with van der Waals surface area (Å²) >= 11 is 0.